The number of carbonyl (C=O) groups excluding carboxylic acids is 1. The first-order valence-corrected chi connectivity index (χ1v) is 8.57. The highest BCUT2D eigenvalue weighted by Crippen LogP contribution is 2.35. The highest BCUT2D eigenvalue weighted by Gasteiger charge is 2.30. The third-order valence-corrected chi connectivity index (χ3v) is 4.67. The zero-order chi connectivity index (χ0) is 15.5. The lowest BCUT2D eigenvalue weighted by Gasteiger charge is -2.29. The Morgan fingerprint density at radius 1 is 1.36 bits per heavy atom. The van der Waals surface area contributed by atoms with Crippen molar-refractivity contribution < 1.29 is 4.79 Å². The number of hydrogen-bond donors (Lipinski definition) is 1. The molecule has 2 aliphatic rings. The summed E-state index contributed by atoms with van der Waals surface area (Å²) in [5.74, 6) is 1.49. The molecule has 1 aromatic heterocycles. The van der Waals surface area contributed by atoms with Gasteiger partial charge < -0.3 is 9.88 Å². The van der Waals surface area contributed by atoms with Gasteiger partial charge in [0.2, 0.25) is 5.91 Å². The molecule has 1 aliphatic heterocycles. The Bertz CT molecular complexity index is 502. The molecule has 1 amide bonds. The van der Waals surface area contributed by atoms with E-state index in [0.29, 0.717) is 18.5 Å². The topological polar surface area (TPSA) is 63.1 Å². The maximum atomic E-state index is 12.5. The largest absolute Gasteiger partial charge is 0.354 e. The molecule has 6 heteroatoms. The van der Waals surface area contributed by atoms with Crippen molar-refractivity contribution in [3.05, 3.63) is 12.2 Å². The monoisotopic (exact) mass is 305 g/mol. The summed E-state index contributed by atoms with van der Waals surface area (Å²) in [7, 11) is 0. The molecule has 1 unspecified atom stereocenters. The van der Waals surface area contributed by atoms with Crippen LogP contribution in [0.1, 0.15) is 51.4 Å². The molecule has 0 radical (unpaired) electrons. The minimum atomic E-state index is 0.00352. The van der Waals surface area contributed by atoms with E-state index in [1.807, 2.05) is 6.33 Å². The minimum absolute atomic E-state index is 0.00352. The van der Waals surface area contributed by atoms with Crippen molar-refractivity contribution in [3.8, 4) is 0 Å². The fraction of sp³-hybridized carbons (Fsp3) is 0.812. The van der Waals surface area contributed by atoms with Crippen LogP contribution in [0.25, 0.3) is 0 Å². The Hall–Kier alpha value is -1.43. The molecular formula is C16H27N5O. The molecule has 1 N–H and O–H groups in total. The number of hydrogen-bond acceptors (Lipinski definition) is 4. The summed E-state index contributed by atoms with van der Waals surface area (Å²) in [6.45, 7) is 7.00. The van der Waals surface area contributed by atoms with Crippen LogP contribution in [0.3, 0.4) is 0 Å². The lowest BCUT2D eigenvalue weighted by molar-refractivity contribution is -0.127. The van der Waals surface area contributed by atoms with Crippen LogP contribution in [0.4, 0.5) is 0 Å². The van der Waals surface area contributed by atoms with E-state index >= 15 is 0 Å². The fourth-order valence-electron chi connectivity index (χ4n) is 3.42. The third kappa shape index (κ3) is 3.48. The normalized spacial score (nSPS) is 20.5. The first kappa shape index (κ1) is 15.5. The molecule has 1 atom stereocenters. The van der Waals surface area contributed by atoms with Gasteiger partial charge in [-0.15, -0.1) is 10.2 Å². The van der Waals surface area contributed by atoms with Crippen LogP contribution in [-0.4, -0.2) is 51.2 Å². The van der Waals surface area contributed by atoms with E-state index in [4.69, 9.17) is 0 Å². The van der Waals surface area contributed by atoms with Gasteiger partial charge >= 0.3 is 0 Å². The van der Waals surface area contributed by atoms with Crippen LogP contribution in [0.2, 0.25) is 0 Å². The van der Waals surface area contributed by atoms with Gasteiger partial charge in [-0.1, -0.05) is 13.8 Å². The van der Waals surface area contributed by atoms with Crippen LogP contribution in [0.5, 0.6) is 0 Å². The smallest absolute Gasteiger partial charge is 0.237 e. The van der Waals surface area contributed by atoms with Gasteiger partial charge in [-0.2, -0.15) is 0 Å². The Morgan fingerprint density at radius 2 is 2.09 bits per heavy atom. The van der Waals surface area contributed by atoms with E-state index in [1.165, 1.54) is 25.7 Å². The van der Waals surface area contributed by atoms with Crippen molar-refractivity contribution in [2.75, 3.05) is 19.6 Å². The number of amides is 1. The molecule has 1 aromatic rings. The maximum Gasteiger partial charge on any atom is 0.237 e. The predicted molar refractivity (Wildman–Crippen MR) is 84.4 cm³/mol. The van der Waals surface area contributed by atoms with E-state index in [1.54, 1.807) is 0 Å². The third-order valence-electron chi connectivity index (χ3n) is 4.67. The fourth-order valence-corrected chi connectivity index (χ4v) is 3.42. The number of nitrogens with zero attached hydrogens (tertiary/aromatic N) is 4. The lowest BCUT2D eigenvalue weighted by Crippen LogP contribution is -2.49. The zero-order valence-corrected chi connectivity index (χ0v) is 13.7. The molecule has 0 bridgehead atoms. The summed E-state index contributed by atoms with van der Waals surface area (Å²) < 4.78 is 2.16. The second-order valence-corrected chi connectivity index (χ2v) is 6.86. The second-order valence-electron chi connectivity index (χ2n) is 6.86. The molecule has 3 rings (SSSR count). The van der Waals surface area contributed by atoms with Gasteiger partial charge in [0, 0.05) is 19.0 Å². The first-order valence-electron chi connectivity index (χ1n) is 8.57. The Kier molecular flexibility index (Phi) is 4.76. The Morgan fingerprint density at radius 3 is 2.73 bits per heavy atom. The van der Waals surface area contributed by atoms with Crippen molar-refractivity contribution in [2.45, 2.75) is 58.0 Å². The number of carbonyl (C=O) groups is 1. The molecule has 122 valence electrons. The number of nitrogens with one attached hydrogen (secondary N) is 1. The predicted octanol–water partition coefficient (Wildman–Crippen LogP) is 1.39. The molecule has 1 saturated carbocycles. The highest BCUT2D eigenvalue weighted by atomic mass is 16.2. The quantitative estimate of drug-likeness (QED) is 0.827. The van der Waals surface area contributed by atoms with Crippen LogP contribution in [-0.2, 0) is 11.2 Å². The average Bonchev–Trinajstić information content (AvgIpc) is 2.99. The summed E-state index contributed by atoms with van der Waals surface area (Å²) >= 11 is 0. The maximum absolute atomic E-state index is 12.5. The van der Waals surface area contributed by atoms with E-state index in [2.05, 4.69) is 38.8 Å². The number of rotatable bonds is 7. The van der Waals surface area contributed by atoms with Gasteiger partial charge in [0.1, 0.15) is 12.2 Å². The van der Waals surface area contributed by atoms with Gasteiger partial charge in [0.15, 0.2) is 0 Å². The summed E-state index contributed by atoms with van der Waals surface area (Å²) in [4.78, 5) is 14.9. The number of aromatic nitrogens is 3. The van der Waals surface area contributed by atoms with Crippen molar-refractivity contribution in [2.24, 2.45) is 5.92 Å². The SMILES string of the molecule is CC(C)C(C(=O)NCCc1nncn1C1CC1)N1CCCC1. The first-order chi connectivity index (χ1) is 10.7. The molecule has 0 aromatic carbocycles. The van der Waals surface area contributed by atoms with Crippen molar-refractivity contribution in [1.29, 1.82) is 0 Å². The van der Waals surface area contributed by atoms with Crippen LogP contribution in [0.15, 0.2) is 6.33 Å². The molecule has 2 fully saturated rings. The molecule has 22 heavy (non-hydrogen) atoms. The molecule has 1 saturated heterocycles. The van der Waals surface area contributed by atoms with Gasteiger partial charge in [-0.05, 0) is 44.7 Å². The zero-order valence-electron chi connectivity index (χ0n) is 13.7. The Labute approximate surface area is 132 Å². The average molecular weight is 305 g/mol. The van der Waals surface area contributed by atoms with Gasteiger partial charge in [-0.25, -0.2) is 0 Å². The van der Waals surface area contributed by atoms with Crippen molar-refractivity contribution in [1.82, 2.24) is 25.0 Å². The minimum Gasteiger partial charge on any atom is -0.354 e. The Balaban J connectivity index is 1.51. The molecule has 2 heterocycles. The van der Waals surface area contributed by atoms with E-state index in [-0.39, 0.29) is 11.9 Å². The van der Waals surface area contributed by atoms with E-state index in [9.17, 15) is 4.79 Å². The van der Waals surface area contributed by atoms with Crippen molar-refractivity contribution >= 4 is 5.91 Å². The summed E-state index contributed by atoms with van der Waals surface area (Å²) in [5, 5.41) is 11.3. The van der Waals surface area contributed by atoms with Crippen LogP contribution < -0.4 is 5.32 Å². The molecule has 0 spiro atoms. The second kappa shape index (κ2) is 6.77. The summed E-state index contributed by atoms with van der Waals surface area (Å²) in [5.41, 5.74) is 0. The van der Waals surface area contributed by atoms with Gasteiger partial charge in [-0.3, -0.25) is 9.69 Å². The van der Waals surface area contributed by atoms with Crippen molar-refractivity contribution in [3.63, 3.8) is 0 Å². The van der Waals surface area contributed by atoms with E-state index < -0.39 is 0 Å². The molecule has 1 aliphatic carbocycles. The number of likely N-dealkylation sites (tertiary alicyclic amines) is 1. The molecule has 6 nitrogen and oxygen atoms in total. The summed E-state index contributed by atoms with van der Waals surface area (Å²) in [6, 6.07) is 0.595. The van der Waals surface area contributed by atoms with Gasteiger partial charge in [0.05, 0.1) is 6.04 Å². The highest BCUT2D eigenvalue weighted by molar-refractivity contribution is 5.82. The molecular weight excluding hydrogens is 278 g/mol. The van der Waals surface area contributed by atoms with Gasteiger partial charge in [0.25, 0.3) is 0 Å². The van der Waals surface area contributed by atoms with E-state index in [0.717, 1.165) is 25.3 Å². The summed E-state index contributed by atoms with van der Waals surface area (Å²) in [6.07, 6.45) is 7.44. The lowest BCUT2D eigenvalue weighted by atomic mass is 10.0. The standard InChI is InChI=1S/C16H27N5O/c1-12(2)15(20-9-3-4-10-20)16(22)17-8-7-14-19-18-11-21(14)13-5-6-13/h11-13,15H,3-10H2,1-2H3,(H,17,22). The van der Waals surface area contributed by atoms with Crippen LogP contribution >= 0.6 is 0 Å². The van der Waals surface area contributed by atoms with Crippen LogP contribution in [0, 0.1) is 5.92 Å².